The van der Waals surface area contributed by atoms with Gasteiger partial charge in [-0.1, -0.05) is 6.07 Å². The Hall–Kier alpha value is -1.65. The molecule has 20 heavy (non-hydrogen) atoms. The van der Waals surface area contributed by atoms with Crippen molar-refractivity contribution in [2.24, 2.45) is 0 Å². The van der Waals surface area contributed by atoms with Crippen LogP contribution in [0.5, 0.6) is 0 Å². The van der Waals surface area contributed by atoms with E-state index in [9.17, 15) is 22.7 Å². The molecule has 1 fully saturated rings. The number of nitrogens with zero attached hydrogens (tertiary/aromatic N) is 2. The average molecular weight is 288 g/mol. The van der Waals surface area contributed by atoms with E-state index in [0.29, 0.717) is 5.56 Å². The summed E-state index contributed by atoms with van der Waals surface area (Å²) in [7, 11) is 0. The fourth-order valence-electron chi connectivity index (χ4n) is 2.25. The van der Waals surface area contributed by atoms with Crippen molar-refractivity contribution in [2.45, 2.75) is 24.7 Å². The van der Waals surface area contributed by atoms with Gasteiger partial charge < -0.3 is 5.11 Å². The summed E-state index contributed by atoms with van der Waals surface area (Å²) in [4.78, 5) is 1.43. The van der Waals surface area contributed by atoms with E-state index in [4.69, 9.17) is 5.26 Å². The molecule has 1 atom stereocenters. The van der Waals surface area contributed by atoms with E-state index in [-0.39, 0.29) is 25.1 Å². The molecule has 0 aliphatic carbocycles. The van der Waals surface area contributed by atoms with Crippen molar-refractivity contribution in [3.05, 3.63) is 35.1 Å². The minimum atomic E-state index is -4.66. The Kier molecular flexibility index (Phi) is 3.71. The quantitative estimate of drug-likeness (QED) is 0.849. The molecule has 0 aromatic heterocycles. The Morgan fingerprint density at radius 3 is 2.65 bits per heavy atom. The van der Waals surface area contributed by atoms with Gasteiger partial charge in [-0.05, 0) is 24.1 Å². The van der Waals surface area contributed by atoms with Gasteiger partial charge in [0, 0.05) is 19.6 Å². The van der Waals surface area contributed by atoms with E-state index in [2.05, 4.69) is 0 Å². The number of halogens is 4. The number of benzene rings is 1. The molecule has 0 amide bonds. The van der Waals surface area contributed by atoms with Crippen LogP contribution < -0.4 is 0 Å². The second-order valence-electron chi connectivity index (χ2n) is 4.92. The number of aliphatic hydroxyl groups is 1. The van der Waals surface area contributed by atoms with Crippen molar-refractivity contribution in [1.82, 2.24) is 4.90 Å². The third kappa shape index (κ3) is 2.76. The Bertz CT molecular complexity index is 552. The first-order chi connectivity index (χ1) is 9.25. The van der Waals surface area contributed by atoms with E-state index < -0.39 is 24.1 Å². The molecule has 0 spiro atoms. The molecule has 108 valence electrons. The molecule has 3 nitrogen and oxygen atoms in total. The van der Waals surface area contributed by atoms with Crippen LogP contribution in [0, 0.1) is 17.1 Å². The van der Waals surface area contributed by atoms with Gasteiger partial charge in [-0.3, -0.25) is 4.90 Å². The topological polar surface area (TPSA) is 47.3 Å². The molecular weight excluding hydrogens is 276 g/mol. The minimum Gasteiger partial charge on any atom is -0.379 e. The molecule has 1 aromatic rings. The number of hydrogen-bond acceptors (Lipinski definition) is 3. The standard InChI is InChI=1S/C13H12F4N2O/c14-11-2-1-9(5-10(11)6-18)7-19-4-3-12(20,8-19)13(15,16)17/h1-2,5,20H,3-4,7-8H2/t12-/m0/s1. The Morgan fingerprint density at radius 1 is 1.40 bits per heavy atom. The highest BCUT2D eigenvalue weighted by Crippen LogP contribution is 2.38. The first kappa shape index (κ1) is 14.8. The Morgan fingerprint density at radius 2 is 2.10 bits per heavy atom. The third-order valence-electron chi connectivity index (χ3n) is 3.41. The molecule has 7 heteroatoms. The van der Waals surface area contributed by atoms with Crippen molar-refractivity contribution >= 4 is 0 Å². The van der Waals surface area contributed by atoms with Crippen LogP contribution in [-0.2, 0) is 6.54 Å². The van der Waals surface area contributed by atoms with Crippen LogP contribution in [0.25, 0.3) is 0 Å². The van der Waals surface area contributed by atoms with Gasteiger partial charge in [0.2, 0.25) is 0 Å². The lowest BCUT2D eigenvalue weighted by Gasteiger charge is -2.26. The zero-order chi connectivity index (χ0) is 15.0. The maximum atomic E-state index is 13.1. The smallest absolute Gasteiger partial charge is 0.379 e. The van der Waals surface area contributed by atoms with Gasteiger partial charge in [-0.2, -0.15) is 18.4 Å². The van der Waals surface area contributed by atoms with Gasteiger partial charge in [0.05, 0.1) is 5.56 Å². The van der Waals surface area contributed by atoms with Crippen LogP contribution >= 0.6 is 0 Å². The summed E-state index contributed by atoms with van der Waals surface area (Å²) in [6, 6.07) is 5.51. The number of likely N-dealkylation sites (tertiary alicyclic amines) is 1. The summed E-state index contributed by atoms with van der Waals surface area (Å²) in [5.74, 6) is -0.663. The largest absolute Gasteiger partial charge is 0.418 e. The third-order valence-corrected chi connectivity index (χ3v) is 3.41. The van der Waals surface area contributed by atoms with Crippen LogP contribution in [0.1, 0.15) is 17.5 Å². The average Bonchev–Trinajstić information content (AvgIpc) is 2.74. The van der Waals surface area contributed by atoms with Crippen LogP contribution in [0.3, 0.4) is 0 Å². The molecule has 1 saturated heterocycles. The lowest BCUT2D eigenvalue weighted by molar-refractivity contribution is -0.254. The Balaban J connectivity index is 2.08. The molecule has 1 aliphatic heterocycles. The van der Waals surface area contributed by atoms with Gasteiger partial charge in [0.15, 0.2) is 5.60 Å². The first-order valence-electron chi connectivity index (χ1n) is 5.95. The molecule has 0 radical (unpaired) electrons. The van der Waals surface area contributed by atoms with Gasteiger partial charge in [-0.25, -0.2) is 4.39 Å². The SMILES string of the molecule is N#Cc1cc(CN2CC[C@@](O)(C(F)(F)F)C2)ccc1F. The van der Waals surface area contributed by atoms with Gasteiger partial charge in [0.1, 0.15) is 11.9 Å². The van der Waals surface area contributed by atoms with E-state index >= 15 is 0 Å². The number of β-amino-alcohol motifs (C(OH)–C–C–N with tert-alkyl or cyclic N) is 1. The van der Waals surface area contributed by atoms with Crippen molar-refractivity contribution in [3.63, 3.8) is 0 Å². The highest BCUT2D eigenvalue weighted by atomic mass is 19.4. The van der Waals surface area contributed by atoms with Gasteiger partial charge in [0.25, 0.3) is 0 Å². The van der Waals surface area contributed by atoms with Crippen LogP contribution in [0.2, 0.25) is 0 Å². The maximum absolute atomic E-state index is 13.1. The summed E-state index contributed by atoms with van der Waals surface area (Å²) in [6.07, 6.45) is -5.05. The summed E-state index contributed by atoms with van der Waals surface area (Å²) >= 11 is 0. The van der Waals surface area contributed by atoms with Crippen molar-refractivity contribution < 1.29 is 22.7 Å². The highest BCUT2D eigenvalue weighted by molar-refractivity contribution is 5.34. The fraction of sp³-hybridized carbons (Fsp3) is 0.462. The van der Waals surface area contributed by atoms with Gasteiger partial charge >= 0.3 is 6.18 Å². The lowest BCUT2D eigenvalue weighted by Crippen LogP contribution is -2.47. The van der Waals surface area contributed by atoms with Crippen LogP contribution in [-0.4, -0.2) is 34.9 Å². The predicted octanol–water partition coefficient (Wildman–Crippen LogP) is 2.20. The highest BCUT2D eigenvalue weighted by Gasteiger charge is 2.56. The molecule has 0 saturated carbocycles. The first-order valence-corrected chi connectivity index (χ1v) is 5.95. The second kappa shape index (κ2) is 5.04. The van der Waals surface area contributed by atoms with Gasteiger partial charge in [-0.15, -0.1) is 0 Å². The van der Waals surface area contributed by atoms with Crippen molar-refractivity contribution in [2.75, 3.05) is 13.1 Å². The second-order valence-corrected chi connectivity index (χ2v) is 4.92. The number of hydrogen-bond donors (Lipinski definition) is 1. The van der Waals surface area contributed by atoms with Crippen molar-refractivity contribution in [1.29, 1.82) is 5.26 Å². The molecule has 0 bridgehead atoms. The molecule has 0 unspecified atom stereocenters. The summed E-state index contributed by atoms with van der Waals surface area (Å²) in [6.45, 7) is -0.293. The molecule has 1 N–H and O–H groups in total. The Labute approximate surface area is 113 Å². The molecule has 1 heterocycles. The monoisotopic (exact) mass is 288 g/mol. The zero-order valence-electron chi connectivity index (χ0n) is 10.4. The summed E-state index contributed by atoms with van der Waals surface area (Å²) < 4.78 is 51.1. The van der Waals surface area contributed by atoms with Crippen LogP contribution in [0.15, 0.2) is 18.2 Å². The van der Waals surface area contributed by atoms with Crippen LogP contribution in [0.4, 0.5) is 17.6 Å². The summed E-state index contributed by atoms with van der Waals surface area (Å²) in [5.41, 5.74) is -2.30. The molecule has 1 aromatic carbocycles. The van der Waals surface area contributed by atoms with E-state index in [1.165, 1.54) is 17.0 Å². The molecule has 2 rings (SSSR count). The van der Waals surface area contributed by atoms with E-state index in [1.54, 1.807) is 6.07 Å². The van der Waals surface area contributed by atoms with E-state index in [1.807, 2.05) is 0 Å². The minimum absolute atomic E-state index is 0.0925. The lowest BCUT2D eigenvalue weighted by atomic mass is 10.0. The number of nitriles is 1. The maximum Gasteiger partial charge on any atom is 0.418 e. The number of alkyl halides is 3. The predicted molar refractivity (Wildman–Crippen MR) is 62.0 cm³/mol. The fourth-order valence-corrected chi connectivity index (χ4v) is 2.25. The van der Waals surface area contributed by atoms with E-state index in [0.717, 1.165) is 6.07 Å². The molecule has 1 aliphatic rings. The zero-order valence-corrected chi connectivity index (χ0v) is 10.4. The van der Waals surface area contributed by atoms with Crippen molar-refractivity contribution in [3.8, 4) is 6.07 Å². The summed E-state index contributed by atoms with van der Waals surface area (Å²) in [5, 5.41) is 18.2. The molecular formula is C13H12F4N2O. The number of rotatable bonds is 2. The normalized spacial score (nSPS) is 23.8.